The van der Waals surface area contributed by atoms with E-state index in [1.165, 1.54) is 0 Å². The van der Waals surface area contributed by atoms with Gasteiger partial charge in [0.05, 0.1) is 6.61 Å². The number of rotatable bonds is 6. The van der Waals surface area contributed by atoms with Gasteiger partial charge in [0.1, 0.15) is 0 Å². The number of aliphatic hydroxyl groups is 1. The molecule has 0 fully saturated rings. The van der Waals surface area contributed by atoms with Gasteiger partial charge in [0.2, 0.25) is 0 Å². The van der Waals surface area contributed by atoms with Crippen LogP contribution in [0.3, 0.4) is 0 Å². The van der Waals surface area contributed by atoms with E-state index >= 15 is 0 Å². The van der Waals surface area contributed by atoms with Gasteiger partial charge in [0, 0.05) is 22.1 Å². The Balaban J connectivity index is 2.66. The molecule has 0 aromatic heterocycles. The standard InChI is InChI=1S/C13H20BrNO/c1-3-13(4-2,10-16)9-15-12-8-6-5-7-11(12)14/h5-8,15-16H,3-4,9-10H2,1-2H3. The lowest BCUT2D eigenvalue weighted by Gasteiger charge is -2.30. The van der Waals surface area contributed by atoms with Crippen LogP contribution in [0, 0.1) is 5.41 Å². The number of aliphatic hydroxyl groups excluding tert-OH is 1. The van der Waals surface area contributed by atoms with E-state index in [0.717, 1.165) is 29.5 Å². The van der Waals surface area contributed by atoms with Gasteiger partial charge in [-0.2, -0.15) is 0 Å². The molecule has 1 aromatic rings. The minimum atomic E-state index is -0.00468. The van der Waals surface area contributed by atoms with Crippen LogP contribution in [0.5, 0.6) is 0 Å². The van der Waals surface area contributed by atoms with Crippen LogP contribution in [0.2, 0.25) is 0 Å². The largest absolute Gasteiger partial charge is 0.396 e. The summed E-state index contributed by atoms with van der Waals surface area (Å²) >= 11 is 3.50. The van der Waals surface area contributed by atoms with Crippen LogP contribution in [0.1, 0.15) is 26.7 Å². The van der Waals surface area contributed by atoms with E-state index in [-0.39, 0.29) is 12.0 Å². The molecule has 0 spiro atoms. The maximum absolute atomic E-state index is 9.47. The second kappa shape index (κ2) is 6.26. The molecule has 0 saturated carbocycles. The Morgan fingerprint density at radius 2 is 1.88 bits per heavy atom. The lowest BCUT2D eigenvalue weighted by atomic mass is 9.83. The van der Waals surface area contributed by atoms with E-state index in [1.807, 2.05) is 24.3 Å². The summed E-state index contributed by atoms with van der Waals surface area (Å²) in [6, 6.07) is 8.05. The Bertz CT molecular complexity index is 315. The highest BCUT2D eigenvalue weighted by Gasteiger charge is 2.24. The highest BCUT2D eigenvalue weighted by molar-refractivity contribution is 9.10. The second-order valence-corrected chi connectivity index (χ2v) is 5.05. The molecular formula is C13H20BrNO. The van der Waals surface area contributed by atoms with Crippen molar-refractivity contribution >= 4 is 21.6 Å². The maximum Gasteiger partial charge on any atom is 0.0504 e. The summed E-state index contributed by atoms with van der Waals surface area (Å²) in [4.78, 5) is 0. The van der Waals surface area contributed by atoms with Gasteiger partial charge in [0.15, 0.2) is 0 Å². The third-order valence-electron chi connectivity index (χ3n) is 3.36. The summed E-state index contributed by atoms with van der Waals surface area (Å²) < 4.78 is 1.06. The van der Waals surface area contributed by atoms with Crippen molar-refractivity contribution in [3.8, 4) is 0 Å². The fourth-order valence-corrected chi connectivity index (χ4v) is 2.09. The Kier molecular flexibility index (Phi) is 5.29. The number of nitrogens with one attached hydrogen (secondary N) is 1. The molecule has 2 nitrogen and oxygen atoms in total. The van der Waals surface area contributed by atoms with Crippen molar-refractivity contribution in [1.29, 1.82) is 0 Å². The molecule has 0 aliphatic rings. The van der Waals surface area contributed by atoms with Gasteiger partial charge in [-0.1, -0.05) is 26.0 Å². The number of benzene rings is 1. The summed E-state index contributed by atoms with van der Waals surface area (Å²) in [5.74, 6) is 0. The zero-order valence-corrected chi connectivity index (χ0v) is 11.5. The average molecular weight is 286 g/mol. The van der Waals surface area contributed by atoms with Crippen molar-refractivity contribution in [2.75, 3.05) is 18.5 Å². The fourth-order valence-electron chi connectivity index (χ4n) is 1.67. The van der Waals surface area contributed by atoms with E-state index in [2.05, 4.69) is 35.1 Å². The lowest BCUT2D eigenvalue weighted by molar-refractivity contribution is 0.127. The minimum Gasteiger partial charge on any atom is -0.396 e. The lowest BCUT2D eigenvalue weighted by Crippen LogP contribution is -2.32. The predicted octanol–water partition coefficient (Wildman–Crippen LogP) is 3.66. The topological polar surface area (TPSA) is 32.3 Å². The smallest absolute Gasteiger partial charge is 0.0504 e. The van der Waals surface area contributed by atoms with Crippen molar-refractivity contribution < 1.29 is 5.11 Å². The highest BCUT2D eigenvalue weighted by Crippen LogP contribution is 2.28. The molecular weight excluding hydrogens is 266 g/mol. The van der Waals surface area contributed by atoms with Gasteiger partial charge in [-0.15, -0.1) is 0 Å². The highest BCUT2D eigenvalue weighted by atomic mass is 79.9. The van der Waals surface area contributed by atoms with Crippen molar-refractivity contribution in [3.63, 3.8) is 0 Å². The van der Waals surface area contributed by atoms with Gasteiger partial charge >= 0.3 is 0 Å². The van der Waals surface area contributed by atoms with Crippen LogP contribution in [-0.4, -0.2) is 18.3 Å². The van der Waals surface area contributed by atoms with Gasteiger partial charge in [-0.05, 0) is 40.9 Å². The number of anilines is 1. The molecule has 0 amide bonds. The SMILES string of the molecule is CCC(CC)(CO)CNc1ccccc1Br. The molecule has 0 radical (unpaired) electrons. The molecule has 90 valence electrons. The third-order valence-corrected chi connectivity index (χ3v) is 4.05. The number of hydrogen-bond donors (Lipinski definition) is 2. The quantitative estimate of drug-likeness (QED) is 0.836. The van der Waals surface area contributed by atoms with Gasteiger partial charge in [0.25, 0.3) is 0 Å². The van der Waals surface area contributed by atoms with Crippen LogP contribution in [-0.2, 0) is 0 Å². The van der Waals surface area contributed by atoms with E-state index in [9.17, 15) is 5.11 Å². The van der Waals surface area contributed by atoms with E-state index in [4.69, 9.17) is 0 Å². The van der Waals surface area contributed by atoms with Gasteiger partial charge < -0.3 is 10.4 Å². The summed E-state index contributed by atoms with van der Waals surface area (Å²) in [5.41, 5.74) is 1.08. The summed E-state index contributed by atoms with van der Waals surface area (Å²) in [6.45, 7) is 5.29. The monoisotopic (exact) mass is 285 g/mol. The Morgan fingerprint density at radius 1 is 1.25 bits per heavy atom. The number of halogens is 1. The Morgan fingerprint density at radius 3 is 2.38 bits per heavy atom. The molecule has 0 aliphatic heterocycles. The Labute approximate surface area is 106 Å². The second-order valence-electron chi connectivity index (χ2n) is 4.20. The molecule has 2 N–H and O–H groups in total. The molecule has 0 unspecified atom stereocenters. The zero-order valence-electron chi connectivity index (χ0n) is 9.96. The number of hydrogen-bond acceptors (Lipinski definition) is 2. The van der Waals surface area contributed by atoms with Crippen LogP contribution >= 0.6 is 15.9 Å². The summed E-state index contributed by atoms with van der Waals surface area (Å²) in [5, 5.41) is 12.9. The summed E-state index contributed by atoms with van der Waals surface area (Å²) in [7, 11) is 0. The molecule has 16 heavy (non-hydrogen) atoms. The first-order valence-corrected chi connectivity index (χ1v) is 6.56. The molecule has 0 atom stereocenters. The van der Waals surface area contributed by atoms with Crippen molar-refractivity contribution in [2.24, 2.45) is 5.41 Å². The number of para-hydroxylation sites is 1. The molecule has 0 heterocycles. The molecule has 1 aromatic carbocycles. The van der Waals surface area contributed by atoms with E-state index in [1.54, 1.807) is 0 Å². The van der Waals surface area contributed by atoms with Crippen molar-refractivity contribution in [2.45, 2.75) is 26.7 Å². The zero-order chi connectivity index (χ0) is 12.0. The maximum atomic E-state index is 9.47. The van der Waals surface area contributed by atoms with Crippen LogP contribution in [0.15, 0.2) is 28.7 Å². The Hall–Kier alpha value is -0.540. The molecule has 0 bridgehead atoms. The molecule has 1 rings (SSSR count). The minimum absolute atomic E-state index is 0.00468. The normalized spacial score (nSPS) is 11.5. The molecule has 0 aliphatic carbocycles. The predicted molar refractivity (Wildman–Crippen MR) is 72.7 cm³/mol. The molecule has 0 saturated heterocycles. The van der Waals surface area contributed by atoms with Crippen LogP contribution < -0.4 is 5.32 Å². The first-order chi connectivity index (χ1) is 7.67. The van der Waals surface area contributed by atoms with Crippen molar-refractivity contribution in [1.82, 2.24) is 0 Å². The first-order valence-electron chi connectivity index (χ1n) is 5.76. The fraction of sp³-hybridized carbons (Fsp3) is 0.538. The average Bonchev–Trinajstić information content (AvgIpc) is 2.34. The third kappa shape index (κ3) is 3.22. The van der Waals surface area contributed by atoms with Crippen LogP contribution in [0.25, 0.3) is 0 Å². The summed E-state index contributed by atoms with van der Waals surface area (Å²) in [6.07, 6.45) is 1.97. The van der Waals surface area contributed by atoms with Gasteiger partial charge in [-0.3, -0.25) is 0 Å². The van der Waals surface area contributed by atoms with Gasteiger partial charge in [-0.25, -0.2) is 0 Å². The van der Waals surface area contributed by atoms with E-state index in [0.29, 0.717) is 0 Å². The van der Waals surface area contributed by atoms with Crippen molar-refractivity contribution in [3.05, 3.63) is 28.7 Å². The first kappa shape index (κ1) is 13.5. The molecule has 3 heteroatoms. The van der Waals surface area contributed by atoms with E-state index < -0.39 is 0 Å². The van der Waals surface area contributed by atoms with Crippen LogP contribution in [0.4, 0.5) is 5.69 Å².